The van der Waals surface area contributed by atoms with Gasteiger partial charge in [0.15, 0.2) is 12.2 Å². The molecule has 4 fully saturated rings. The maximum Gasteiger partial charge on any atom is 0.309 e. The lowest BCUT2D eigenvalue weighted by Crippen LogP contribution is -3.00. The first kappa shape index (κ1) is 22.5. The number of halogens is 1. The molecule has 4 saturated carbocycles. The van der Waals surface area contributed by atoms with Gasteiger partial charge >= 0.3 is 5.97 Å². The predicted octanol–water partition coefficient (Wildman–Crippen LogP) is 0.235. The third-order valence-corrected chi connectivity index (χ3v) is 8.73. The summed E-state index contributed by atoms with van der Waals surface area (Å²) in [4.78, 5) is 22.6. The first-order valence-electron chi connectivity index (χ1n) is 11.2. The molecular formula is C23H31ClN4O2S. The van der Waals surface area contributed by atoms with Crippen molar-refractivity contribution in [2.75, 3.05) is 12.3 Å². The minimum atomic E-state index is 0. The average molecular weight is 463 g/mol. The van der Waals surface area contributed by atoms with Crippen LogP contribution < -0.4 is 22.7 Å². The van der Waals surface area contributed by atoms with Gasteiger partial charge in [0.25, 0.3) is 0 Å². The number of aromatic nitrogens is 3. The highest BCUT2D eigenvalue weighted by molar-refractivity contribution is 7.09. The Balaban J connectivity index is 0.00000231. The van der Waals surface area contributed by atoms with Crippen LogP contribution in [0.2, 0.25) is 0 Å². The first-order valence-corrected chi connectivity index (χ1v) is 12.1. The van der Waals surface area contributed by atoms with Gasteiger partial charge in [0.1, 0.15) is 11.6 Å². The summed E-state index contributed by atoms with van der Waals surface area (Å²) < 4.78 is 7.98. The largest absolute Gasteiger partial charge is 1.00 e. The van der Waals surface area contributed by atoms with Gasteiger partial charge in [0.2, 0.25) is 5.51 Å². The van der Waals surface area contributed by atoms with Gasteiger partial charge in [-0.05, 0) is 62.7 Å². The molecule has 8 heteroatoms. The first-order chi connectivity index (χ1) is 14.5. The molecule has 0 spiro atoms. The molecule has 4 aliphatic carbocycles. The summed E-state index contributed by atoms with van der Waals surface area (Å²) >= 11 is 1.70. The van der Waals surface area contributed by atoms with Crippen LogP contribution in [0, 0.1) is 43.4 Å². The Morgan fingerprint density at radius 2 is 1.87 bits per heavy atom. The van der Waals surface area contributed by atoms with E-state index in [1.165, 1.54) is 42.7 Å². The van der Waals surface area contributed by atoms with Gasteiger partial charge < -0.3 is 22.9 Å². The van der Waals surface area contributed by atoms with Gasteiger partial charge in [-0.3, -0.25) is 4.79 Å². The highest BCUT2D eigenvalue weighted by Crippen LogP contribution is 2.56. The second kappa shape index (κ2) is 9.02. The number of hydrogen-bond acceptors (Lipinski definition) is 6. The molecule has 0 unspecified atom stereocenters. The highest BCUT2D eigenvalue weighted by Gasteiger charge is 2.51. The van der Waals surface area contributed by atoms with Crippen LogP contribution in [0.3, 0.4) is 0 Å². The molecular weight excluding hydrogens is 432 g/mol. The van der Waals surface area contributed by atoms with E-state index in [2.05, 4.69) is 27.0 Å². The number of thiazole rings is 1. The number of ether oxygens (including phenoxy) is 1. The molecule has 0 aromatic carbocycles. The maximum absolute atomic E-state index is 12.9. The van der Waals surface area contributed by atoms with E-state index < -0.39 is 0 Å². The van der Waals surface area contributed by atoms with Crippen LogP contribution in [-0.4, -0.2) is 22.5 Å². The Morgan fingerprint density at radius 3 is 2.52 bits per heavy atom. The Labute approximate surface area is 194 Å². The molecule has 2 aromatic heterocycles. The molecule has 0 amide bonds. The lowest BCUT2D eigenvalue weighted by molar-refractivity contribution is -0.689. The third-order valence-electron chi connectivity index (χ3n) is 7.59. The van der Waals surface area contributed by atoms with Gasteiger partial charge in [-0.25, -0.2) is 9.97 Å². The highest BCUT2D eigenvalue weighted by atomic mass is 35.5. The van der Waals surface area contributed by atoms with Crippen LogP contribution >= 0.6 is 11.3 Å². The van der Waals surface area contributed by atoms with E-state index in [1.807, 2.05) is 6.92 Å². The van der Waals surface area contributed by atoms with Crippen molar-refractivity contribution < 1.29 is 26.5 Å². The summed E-state index contributed by atoms with van der Waals surface area (Å²) in [6, 6.07) is 0. The number of carbonyl (C=O) groups excluding carboxylic acids is 1. The van der Waals surface area contributed by atoms with E-state index in [4.69, 9.17) is 10.5 Å². The van der Waals surface area contributed by atoms with Crippen LogP contribution in [0.4, 0.5) is 5.82 Å². The van der Waals surface area contributed by atoms with E-state index >= 15 is 0 Å². The van der Waals surface area contributed by atoms with Crippen LogP contribution in [0.1, 0.15) is 54.1 Å². The fourth-order valence-electron chi connectivity index (χ4n) is 6.32. The number of nitrogens with zero attached hydrogens (tertiary/aromatic N) is 3. The molecule has 0 saturated heterocycles. The Kier molecular flexibility index (Phi) is 6.54. The maximum atomic E-state index is 12.9. The molecule has 6 rings (SSSR count). The predicted molar refractivity (Wildman–Crippen MR) is 115 cm³/mol. The average Bonchev–Trinajstić information content (AvgIpc) is 3.03. The van der Waals surface area contributed by atoms with Crippen molar-refractivity contribution >= 4 is 23.1 Å². The minimum Gasteiger partial charge on any atom is -1.00 e. The van der Waals surface area contributed by atoms with E-state index in [1.54, 1.807) is 17.5 Å². The van der Waals surface area contributed by atoms with E-state index in [0.717, 1.165) is 23.8 Å². The topological polar surface area (TPSA) is 82.0 Å². The van der Waals surface area contributed by atoms with Crippen molar-refractivity contribution in [1.82, 2.24) is 9.97 Å². The zero-order valence-corrected chi connectivity index (χ0v) is 19.8. The van der Waals surface area contributed by atoms with Crippen LogP contribution in [0.15, 0.2) is 11.7 Å². The summed E-state index contributed by atoms with van der Waals surface area (Å²) in [7, 11) is 0. The molecule has 31 heavy (non-hydrogen) atoms. The van der Waals surface area contributed by atoms with E-state index in [-0.39, 0.29) is 24.3 Å². The SMILES string of the molecule is Cc1ncc(C[n+]2csc(CCOC(=O)C3C4CC5CC(C4)CC3C5)c2C)c(N)n1.[Cl-]. The molecule has 6 nitrogen and oxygen atoms in total. The normalized spacial score (nSPS) is 28.4. The lowest BCUT2D eigenvalue weighted by atomic mass is 9.52. The van der Waals surface area contributed by atoms with Gasteiger partial charge in [0, 0.05) is 19.5 Å². The van der Waals surface area contributed by atoms with E-state index in [9.17, 15) is 4.79 Å². The van der Waals surface area contributed by atoms with Gasteiger partial charge in [0.05, 0.1) is 23.0 Å². The molecule has 2 N–H and O–H groups in total. The zero-order valence-electron chi connectivity index (χ0n) is 18.2. The lowest BCUT2D eigenvalue weighted by Gasteiger charge is -2.53. The second-order valence-corrected chi connectivity index (χ2v) is 10.5. The number of nitrogen functional groups attached to an aromatic ring is 1. The van der Waals surface area contributed by atoms with Crippen molar-refractivity contribution in [1.29, 1.82) is 0 Å². The number of rotatable bonds is 6. The second-order valence-electron chi connectivity index (χ2n) is 9.56. The molecule has 0 radical (unpaired) electrons. The van der Waals surface area contributed by atoms with E-state index in [0.29, 0.717) is 36.6 Å². The number of aryl methyl sites for hydroxylation is 1. The minimum absolute atomic E-state index is 0. The number of nitrogens with two attached hydrogens (primary N) is 1. The molecule has 168 valence electrons. The van der Waals surface area contributed by atoms with Crippen LogP contribution in [-0.2, 0) is 22.5 Å². The smallest absolute Gasteiger partial charge is 0.309 e. The van der Waals surface area contributed by atoms with Crippen molar-refractivity contribution in [3.05, 3.63) is 33.7 Å². The summed E-state index contributed by atoms with van der Waals surface area (Å²) in [6.45, 7) is 5.07. The van der Waals surface area contributed by atoms with Crippen LogP contribution in [0.25, 0.3) is 0 Å². The van der Waals surface area contributed by atoms with Crippen molar-refractivity contribution in [2.45, 2.75) is 58.9 Å². The summed E-state index contributed by atoms with van der Waals surface area (Å²) in [6.07, 6.45) is 8.99. The van der Waals surface area contributed by atoms with Gasteiger partial charge in [-0.15, -0.1) is 0 Å². The Hall–Kier alpha value is -1.73. The van der Waals surface area contributed by atoms with Crippen molar-refractivity contribution in [3.8, 4) is 0 Å². The third kappa shape index (κ3) is 4.44. The van der Waals surface area contributed by atoms with Gasteiger partial charge in [-0.2, -0.15) is 4.57 Å². The molecule has 0 atom stereocenters. The molecule has 0 aliphatic heterocycles. The monoisotopic (exact) mass is 462 g/mol. The molecule has 2 heterocycles. The Morgan fingerprint density at radius 1 is 1.19 bits per heavy atom. The van der Waals surface area contributed by atoms with Crippen LogP contribution in [0.5, 0.6) is 0 Å². The summed E-state index contributed by atoms with van der Waals surface area (Å²) in [5.74, 6) is 4.38. The summed E-state index contributed by atoms with van der Waals surface area (Å²) in [5.41, 5.74) is 10.3. The van der Waals surface area contributed by atoms with Crippen molar-refractivity contribution in [3.63, 3.8) is 0 Å². The van der Waals surface area contributed by atoms with Gasteiger partial charge in [-0.1, -0.05) is 11.3 Å². The molecule has 4 aliphatic rings. The standard InChI is InChI=1S/C23H31N4O2S.ClH/c1-13-20(30-12-27(13)11-19-10-25-14(2)26-22(19)24)3-4-29-23(28)21-17-6-15-5-16(8-17)9-18(21)7-15;/h10,12,15-18,21H,3-9,11H2,1-2H3,(H2,24,25,26);1H/q+1;/p-1. The molecule has 2 aromatic rings. The van der Waals surface area contributed by atoms with Crippen molar-refractivity contribution in [2.24, 2.45) is 29.6 Å². The fourth-order valence-corrected chi connectivity index (χ4v) is 7.29. The number of anilines is 1. The molecule has 4 bridgehead atoms. The fraction of sp³-hybridized carbons (Fsp3) is 0.652. The zero-order chi connectivity index (χ0) is 20.8. The number of esters is 1. The number of carbonyl (C=O) groups is 1. The Bertz CT molecular complexity index is 935. The quantitative estimate of drug-likeness (QED) is 0.491. The summed E-state index contributed by atoms with van der Waals surface area (Å²) in [5, 5.41) is 0. The number of hydrogen-bond donors (Lipinski definition) is 1.